The van der Waals surface area contributed by atoms with Gasteiger partial charge >= 0.3 is 6.09 Å². The molecule has 8 heteroatoms. The summed E-state index contributed by atoms with van der Waals surface area (Å²) >= 11 is 0. The molecule has 1 aromatic rings. The molecule has 0 saturated heterocycles. The minimum Gasteiger partial charge on any atom is -0.508 e. The van der Waals surface area contributed by atoms with E-state index in [-0.39, 0.29) is 29.5 Å². The lowest BCUT2D eigenvalue weighted by Crippen LogP contribution is -2.56. The highest BCUT2D eigenvalue weighted by molar-refractivity contribution is 5.92. The van der Waals surface area contributed by atoms with Gasteiger partial charge in [-0.25, -0.2) is 4.79 Å². The Morgan fingerprint density at radius 2 is 1.79 bits per heavy atom. The molecule has 2 rings (SSSR count). The summed E-state index contributed by atoms with van der Waals surface area (Å²) in [6, 6.07) is 4.82. The molecule has 0 radical (unpaired) electrons. The van der Waals surface area contributed by atoms with Crippen LogP contribution in [0, 0.1) is 5.92 Å². The van der Waals surface area contributed by atoms with Gasteiger partial charge in [-0.15, -0.1) is 0 Å². The first-order valence-electron chi connectivity index (χ1n) is 14.4. The number of carbonyl (C=O) groups is 3. The Morgan fingerprint density at radius 3 is 2.37 bits per heavy atom. The number of alkyl carbamates (subject to hydrolysis) is 1. The van der Waals surface area contributed by atoms with Crippen LogP contribution >= 0.6 is 0 Å². The fourth-order valence-corrected chi connectivity index (χ4v) is 4.89. The standard InChI is InChI=1S/C30H49N3O5/c1-7-9-13-19-33(28(36)25(21(3)8-2)32-29(37)38-30(4,5)6)26(22-15-14-18-24(34)20-22)27(35)31-23-16-11-10-12-17-23/h14-15,18,20-21,23,25-26,34H,7-13,16-17,19H2,1-6H3,(H,31,35)(H,32,37). The van der Waals surface area contributed by atoms with E-state index in [0.29, 0.717) is 24.9 Å². The van der Waals surface area contributed by atoms with E-state index < -0.39 is 23.8 Å². The molecule has 1 aliphatic carbocycles. The maximum absolute atomic E-state index is 14.2. The molecule has 0 bridgehead atoms. The summed E-state index contributed by atoms with van der Waals surface area (Å²) in [4.78, 5) is 42.5. The number of benzene rings is 1. The molecular formula is C30H49N3O5. The number of hydrogen-bond donors (Lipinski definition) is 3. The van der Waals surface area contributed by atoms with Gasteiger partial charge in [-0.05, 0) is 63.6 Å². The zero-order valence-electron chi connectivity index (χ0n) is 24.2. The van der Waals surface area contributed by atoms with Crippen LogP contribution in [0.15, 0.2) is 24.3 Å². The average Bonchev–Trinajstić information content (AvgIpc) is 2.85. The van der Waals surface area contributed by atoms with Gasteiger partial charge in [-0.1, -0.05) is 71.4 Å². The van der Waals surface area contributed by atoms with Gasteiger partial charge in [-0.2, -0.15) is 0 Å². The number of nitrogens with zero attached hydrogens (tertiary/aromatic N) is 1. The van der Waals surface area contributed by atoms with Crippen LogP contribution in [-0.4, -0.2) is 52.1 Å². The Morgan fingerprint density at radius 1 is 1.11 bits per heavy atom. The summed E-state index contributed by atoms with van der Waals surface area (Å²) in [6.07, 6.45) is 7.69. The van der Waals surface area contributed by atoms with Crippen molar-refractivity contribution in [2.75, 3.05) is 6.54 Å². The largest absolute Gasteiger partial charge is 0.508 e. The van der Waals surface area contributed by atoms with Gasteiger partial charge in [0.2, 0.25) is 11.8 Å². The summed E-state index contributed by atoms with van der Waals surface area (Å²) < 4.78 is 5.47. The van der Waals surface area contributed by atoms with Crippen LogP contribution in [0.3, 0.4) is 0 Å². The van der Waals surface area contributed by atoms with Gasteiger partial charge in [0.05, 0.1) is 0 Å². The Bertz CT molecular complexity index is 907. The van der Waals surface area contributed by atoms with Gasteiger partial charge in [0.15, 0.2) is 0 Å². The minimum absolute atomic E-state index is 0.0317. The van der Waals surface area contributed by atoms with E-state index in [1.54, 1.807) is 49.9 Å². The number of ether oxygens (including phenoxy) is 1. The molecule has 0 heterocycles. The second-order valence-corrected chi connectivity index (χ2v) is 11.6. The number of carbonyl (C=O) groups excluding carboxylic acids is 3. The molecule has 0 spiro atoms. The average molecular weight is 532 g/mol. The van der Waals surface area contributed by atoms with E-state index in [2.05, 4.69) is 17.6 Å². The Labute approximate surface area is 228 Å². The smallest absolute Gasteiger partial charge is 0.408 e. The van der Waals surface area contributed by atoms with Crippen molar-refractivity contribution >= 4 is 17.9 Å². The monoisotopic (exact) mass is 531 g/mol. The fourth-order valence-electron chi connectivity index (χ4n) is 4.89. The molecule has 3 atom stereocenters. The first-order valence-corrected chi connectivity index (χ1v) is 14.4. The van der Waals surface area contributed by atoms with Crippen molar-refractivity contribution < 1.29 is 24.2 Å². The summed E-state index contributed by atoms with van der Waals surface area (Å²) in [5.41, 5.74) is -0.166. The number of unbranched alkanes of at least 4 members (excludes halogenated alkanes) is 2. The minimum atomic E-state index is -0.930. The summed E-state index contributed by atoms with van der Waals surface area (Å²) in [5.74, 6) is -0.736. The Kier molecular flexibility index (Phi) is 12.4. The summed E-state index contributed by atoms with van der Waals surface area (Å²) in [7, 11) is 0. The molecule has 0 aromatic heterocycles. The Hall–Kier alpha value is -2.77. The number of hydrogen-bond acceptors (Lipinski definition) is 5. The van der Waals surface area contributed by atoms with Gasteiger partial charge in [-0.3, -0.25) is 9.59 Å². The topological polar surface area (TPSA) is 108 Å². The van der Waals surface area contributed by atoms with E-state index in [1.807, 2.05) is 13.8 Å². The zero-order valence-corrected chi connectivity index (χ0v) is 24.2. The maximum atomic E-state index is 14.2. The van der Waals surface area contributed by atoms with Crippen LogP contribution in [0.1, 0.15) is 111 Å². The molecule has 3 unspecified atom stereocenters. The van der Waals surface area contributed by atoms with E-state index >= 15 is 0 Å². The molecule has 1 aliphatic rings. The van der Waals surface area contributed by atoms with E-state index in [0.717, 1.165) is 44.9 Å². The molecular weight excluding hydrogens is 482 g/mol. The van der Waals surface area contributed by atoms with Gasteiger partial charge in [0, 0.05) is 12.6 Å². The fraction of sp³-hybridized carbons (Fsp3) is 0.700. The molecule has 3 amide bonds. The molecule has 1 fully saturated rings. The van der Waals surface area contributed by atoms with Crippen LogP contribution < -0.4 is 10.6 Å². The lowest BCUT2D eigenvalue weighted by molar-refractivity contribution is -0.144. The van der Waals surface area contributed by atoms with Gasteiger partial charge in [0.1, 0.15) is 23.4 Å². The molecule has 38 heavy (non-hydrogen) atoms. The number of phenols is 1. The van der Waals surface area contributed by atoms with Crippen molar-refractivity contribution in [1.82, 2.24) is 15.5 Å². The number of nitrogens with one attached hydrogen (secondary N) is 2. The van der Waals surface area contributed by atoms with Gasteiger partial charge in [0.25, 0.3) is 0 Å². The number of aromatic hydroxyl groups is 1. The van der Waals surface area contributed by atoms with Crippen molar-refractivity contribution in [1.29, 1.82) is 0 Å². The number of phenolic OH excluding ortho intramolecular Hbond substituents is 1. The summed E-state index contributed by atoms with van der Waals surface area (Å²) in [6.45, 7) is 11.6. The van der Waals surface area contributed by atoms with Crippen molar-refractivity contribution in [3.63, 3.8) is 0 Å². The van der Waals surface area contributed by atoms with Gasteiger partial charge < -0.3 is 25.4 Å². The predicted molar refractivity (Wildman–Crippen MR) is 150 cm³/mol. The first-order chi connectivity index (χ1) is 18.0. The van der Waals surface area contributed by atoms with Crippen LogP contribution in [0.4, 0.5) is 4.79 Å². The molecule has 214 valence electrons. The van der Waals surface area contributed by atoms with E-state index in [9.17, 15) is 19.5 Å². The lowest BCUT2D eigenvalue weighted by Gasteiger charge is -2.37. The zero-order chi connectivity index (χ0) is 28.3. The van der Waals surface area contributed by atoms with Crippen LogP contribution in [0.2, 0.25) is 0 Å². The third kappa shape index (κ3) is 9.84. The second-order valence-electron chi connectivity index (χ2n) is 11.6. The van der Waals surface area contributed by atoms with Crippen LogP contribution in [0.25, 0.3) is 0 Å². The molecule has 1 saturated carbocycles. The molecule has 0 aliphatic heterocycles. The van der Waals surface area contributed by atoms with E-state index in [1.165, 1.54) is 0 Å². The SMILES string of the molecule is CCCCCN(C(=O)C(NC(=O)OC(C)(C)C)C(C)CC)C(C(=O)NC1CCCCC1)c1cccc(O)c1. The highest BCUT2D eigenvalue weighted by Crippen LogP contribution is 2.28. The number of rotatable bonds is 12. The third-order valence-corrected chi connectivity index (χ3v) is 7.13. The van der Waals surface area contributed by atoms with Crippen molar-refractivity contribution in [3.05, 3.63) is 29.8 Å². The van der Waals surface area contributed by atoms with Crippen LogP contribution in [-0.2, 0) is 14.3 Å². The quantitative estimate of drug-likeness (QED) is 0.294. The molecule has 3 N–H and O–H groups in total. The van der Waals surface area contributed by atoms with E-state index in [4.69, 9.17) is 4.74 Å². The molecule has 1 aromatic carbocycles. The third-order valence-electron chi connectivity index (χ3n) is 7.13. The van der Waals surface area contributed by atoms with Crippen LogP contribution in [0.5, 0.6) is 5.75 Å². The maximum Gasteiger partial charge on any atom is 0.408 e. The number of amides is 3. The highest BCUT2D eigenvalue weighted by Gasteiger charge is 2.38. The highest BCUT2D eigenvalue weighted by atomic mass is 16.6. The normalized spacial score (nSPS) is 16.7. The van der Waals surface area contributed by atoms with Crippen molar-refractivity contribution in [2.45, 2.75) is 123 Å². The lowest BCUT2D eigenvalue weighted by atomic mass is 9.93. The van der Waals surface area contributed by atoms with Crippen molar-refractivity contribution in [2.24, 2.45) is 5.92 Å². The first kappa shape index (κ1) is 31.4. The summed E-state index contributed by atoms with van der Waals surface area (Å²) in [5, 5.41) is 16.2. The predicted octanol–water partition coefficient (Wildman–Crippen LogP) is 5.84. The Balaban J connectivity index is 2.47. The van der Waals surface area contributed by atoms with Crippen molar-refractivity contribution in [3.8, 4) is 5.75 Å². The second kappa shape index (κ2) is 15.0. The molecule has 8 nitrogen and oxygen atoms in total.